The van der Waals surface area contributed by atoms with Gasteiger partial charge in [0.25, 0.3) is 0 Å². The first-order chi connectivity index (χ1) is 30.6. The number of carbonyl (C=O) groups excluding carboxylic acids is 2. The zero-order chi connectivity index (χ0) is 44.9. The van der Waals surface area contributed by atoms with E-state index in [-0.39, 0.29) is 25.2 Å². The first-order valence-corrected chi connectivity index (χ1v) is 27.9. The summed E-state index contributed by atoms with van der Waals surface area (Å²) in [4.78, 5) is 25.4. The van der Waals surface area contributed by atoms with E-state index in [1.807, 2.05) is 0 Å². The van der Waals surface area contributed by atoms with Crippen LogP contribution in [-0.2, 0) is 23.8 Å². The van der Waals surface area contributed by atoms with Gasteiger partial charge in [-0.2, -0.15) is 0 Å². The minimum atomic E-state index is -0.537. The van der Waals surface area contributed by atoms with Gasteiger partial charge in [-0.15, -0.1) is 0 Å². The highest BCUT2D eigenvalue weighted by Gasteiger charge is 2.17. The fourth-order valence-electron chi connectivity index (χ4n) is 8.25. The predicted octanol–water partition coefficient (Wildman–Crippen LogP) is 18.8. The Hall–Kier alpha value is -1.62. The Bertz CT molecular complexity index is 943. The second-order valence-electron chi connectivity index (χ2n) is 18.8. The van der Waals surface area contributed by atoms with Crippen molar-refractivity contribution in [3.63, 3.8) is 0 Å². The van der Waals surface area contributed by atoms with Crippen molar-refractivity contribution in [3.8, 4) is 0 Å². The normalized spacial score (nSPS) is 12.2. The Balaban J connectivity index is 4.16. The minimum Gasteiger partial charge on any atom is -0.462 e. The number of allylic oxidation sites excluding steroid dienone is 4. The summed E-state index contributed by atoms with van der Waals surface area (Å²) >= 11 is 0. The lowest BCUT2D eigenvalue weighted by Crippen LogP contribution is -2.30. The molecule has 5 heteroatoms. The average molecular weight is 873 g/mol. The van der Waals surface area contributed by atoms with Crippen molar-refractivity contribution in [3.05, 3.63) is 24.3 Å². The van der Waals surface area contributed by atoms with Gasteiger partial charge in [0.1, 0.15) is 6.61 Å². The van der Waals surface area contributed by atoms with Crippen LogP contribution in [0.15, 0.2) is 24.3 Å². The van der Waals surface area contributed by atoms with Crippen LogP contribution < -0.4 is 0 Å². The number of esters is 2. The highest BCUT2D eigenvalue weighted by molar-refractivity contribution is 5.70. The first-order valence-electron chi connectivity index (χ1n) is 27.9. The van der Waals surface area contributed by atoms with Crippen molar-refractivity contribution < 1.29 is 23.8 Å². The van der Waals surface area contributed by atoms with Gasteiger partial charge in [0.05, 0.1) is 6.61 Å². The summed E-state index contributed by atoms with van der Waals surface area (Å²) in [6.45, 7) is 7.83. The molecule has 0 aromatic carbocycles. The van der Waals surface area contributed by atoms with Gasteiger partial charge in [0.2, 0.25) is 0 Å². The topological polar surface area (TPSA) is 61.8 Å². The smallest absolute Gasteiger partial charge is 0.306 e. The van der Waals surface area contributed by atoms with E-state index in [2.05, 4.69) is 45.1 Å². The van der Waals surface area contributed by atoms with Crippen LogP contribution in [0, 0.1) is 0 Å². The van der Waals surface area contributed by atoms with Crippen LogP contribution in [0.25, 0.3) is 0 Å². The summed E-state index contributed by atoms with van der Waals surface area (Å²) in [7, 11) is 0. The van der Waals surface area contributed by atoms with Crippen molar-refractivity contribution in [1.29, 1.82) is 0 Å². The zero-order valence-electron chi connectivity index (χ0n) is 42.2. The van der Waals surface area contributed by atoms with Gasteiger partial charge in [-0.3, -0.25) is 9.59 Å². The van der Waals surface area contributed by atoms with Crippen LogP contribution in [0.2, 0.25) is 0 Å². The largest absolute Gasteiger partial charge is 0.462 e. The fourth-order valence-corrected chi connectivity index (χ4v) is 8.25. The monoisotopic (exact) mass is 873 g/mol. The van der Waals surface area contributed by atoms with Gasteiger partial charge in [0, 0.05) is 19.4 Å². The molecule has 1 atom stereocenters. The highest BCUT2D eigenvalue weighted by Crippen LogP contribution is 2.16. The lowest BCUT2D eigenvalue weighted by Gasteiger charge is -2.18. The van der Waals surface area contributed by atoms with E-state index in [1.165, 1.54) is 218 Å². The molecular weight excluding hydrogens is 765 g/mol. The maximum absolute atomic E-state index is 12.8. The number of ether oxygens (including phenoxy) is 3. The van der Waals surface area contributed by atoms with Crippen molar-refractivity contribution in [2.75, 3.05) is 19.8 Å². The van der Waals surface area contributed by atoms with Crippen LogP contribution in [0.5, 0.6) is 0 Å². The van der Waals surface area contributed by atoms with Gasteiger partial charge in [0.15, 0.2) is 6.10 Å². The first kappa shape index (κ1) is 60.4. The molecule has 0 N–H and O–H groups in total. The van der Waals surface area contributed by atoms with E-state index in [9.17, 15) is 9.59 Å². The average Bonchev–Trinajstić information content (AvgIpc) is 3.27. The van der Waals surface area contributed by atoms with Crippen LogP contribution >= 0.6 is 0 Å². The third-order valence-corrected chi connectivity index (χ3v) is 12.5. The van der Waals surface area contributed by atoms with Gasteiger partial charge in [-0.05, 0) is 64.2 Å². The van der Waals surface area contributed by atoms with E-state index in [1.54, 1.807) is 0 Å². The third-order valence-electron chi connectivity index (χ3n) is 12.5. The molecule has 62 heavy (non-hydrogen) atoms. The summed E-state index contributed by atoms with van der Waals surface area (Å²) in [6, 6.07) is 0. The molecule has 1 unspecified atom stereocenters. The third kappa shape index (κ3) is 51.0. The molecule has 366 valence electrons. The molecule has 0 spiro atoms. The zero-order valence-corrected chi connectivity index (χ0v) is 42.2. The van der Waals surface area contributed by atoms with Gasteiger partial charge in [-0.1, -0.05) is 251 Å². The summed E-state index contributed by atoms with van der Waals surface area (Å²) in [5.74, 6) is -0.393. The molecule has 0 aliphatic carbocycles. The SMILES string of the molecule is CCCC/C=C\CCCCCCCC(=O)OC(COCCCCCCCC/C=C\CCCCCCCC)COC(=O)CCCCCCCCCCCCCCCCCCCCC. The molecular formula is C57H108O5. The maximum atomic E-state index is 12.8. The Morgan fingerprint density at radius 1 is 0.339 bits per heavy atom. The molecule has 0 bridgehead atoms. The lowest BCUT2D eigenvalue weighted by atomic mass is 10.0. The van der Waals surface area contributed by atoms with Gasteiger partial charge < -0.3 is 14.2 Å². The number of unbranched alkanes of at least 4 members (excludes halogenated alkanes) is 37. The Morgan fingerprint density at radius 2 is 0.645 bits per heavy atom. The molecule has 0 amide bonds. The van der Waals surface area contributed by atoms with E-state index >= 15 is 0 Å². The van der Waals surface area contributed by atoms with Crippen molar-refractivity contribution in [2.45, 2.75) is 309 Å². The standard InChI is InChI=1S/C57H108O5/c1-4-7-10-13-16-19-22-24-26-28-29-30-31-33-36-38-41-44-47-50-56(58)61-54-55(62-57(59)51-48-45-42-39-35-21-18-15-12-9-6-3)53-60-52-49-46-43-40-37-34-32-27-25-23-20-17-14-11-8-5-2/h15,18,25,27,55H,4-14,16-17,19-24,26,28-54H2,1-3H3/b18-15-,27-25-. The van der Waals surface area contributed by atoms with Crippen LogP contribution in [0.4, 0.5) is 0 Å². The Morgan fingerprint density at radius 3 is 1.03 bits per heavy atom. The molecule has 0 radical (unpaired) electrons. The highest BCUT2D eigenvalue weighted by atomic mass is 16.6. The maximum Gasteiger partial charge on any atom is 0.306 e. The second kappa shape index (κ2) is 53.7. The number of hydrogen-bond acceptors (Lipinski definition) is 5. The van der Waals surface area contributed by atoms with Gasteiger partial charge in [-0.25, -0.2) is 0 Å². The van der Waals surface area contributed by atoms with Crippen molar-refractivity contribution >= 4 is 11.9 Å². The summed E-state index contributed by atoms with van der Waals surface area (Å²) in [6.07, 6.45) is 63.4. The molecule has 0 aromatic heterocycles. The number of carbonyl (C=O) groups is 2. The quantitative estimate of drug-likeness (QED) is 0.0346. The molecule has 0 saturated carbocycles. The summed E-state index contributed by atoms with van der Waals surface area (Å²) < 4.78 is 17.4. The predicted molar refractivity (Wildman–Crippen MR) is 270 cm³/mol. The van der Waals surface area contributed by atoms with Gasteiger partial charge >= 0.3 is 11.9 Å². The molecule has 0 aliphatic heterocycles. The van der Waals surface area contributed by atoms with Crippen LogP contribution in [-0.4, -0.2) is 37.9 Å². The van der Waals surface area contributed by atoms with E-state index in [4.69, 9.17) is 14.2 Å². The number of rotatable bonds is 52. The molecule has 0 rings (SSSR count). The van der Waals surface area contributed by atoms with Crippen LogP contribution in [0.1, 0.15) is 303 Å². The molecule has 0 aromatic rings. The van der Waals surface area contributed by atoms with Crippen molar-refractivity contribution in [1.82, 2.24) is 0 Å². The molecule has 0 aliphatic rings. The van der Waals surface area contributed by atoms with E-state index < -0.39 is 6.10 Å². The minimum absolute atomic E-state index is 0.0862. The van der Waals surface area contributed by atoms with E-state index in [0.29, 0.717) is 19.4 Å². The number of hydrogen-bond donors (Lipinski definition) is 0. The Kier molecular flexibility index (Phi) is 52.3. The summed E-state index contributed by atoms with van der Waals surface area (Å²) in [5.41, 5.74) is 0. The molecule has 5 nitrogen and oxygen atoms in total. The second-order valence-corrected chi connectivity index (χ2v) is 18.8. The lowest BCUT2D eigenvalue weighted by molar-refractivity contribution is -0.163. The van der Waals surface area contributed by atoms with Crippen molar-refractivity contribution in [2.24, 2.45) is 0 Å². The van der Waals surface area contributed by atoms with Crippen LogP contribution in [0.3, 0.4) is 0 Å². The Labute approximate surface area is 387 Å². The molecule has 0 heterocycles. The fraction of sp³-hybridized carbons (Fsp3) is 0.895. The van der Waals surface area contributed by atoms with E-state index in [0.717, 1.165) is 51.4 Å². The summed E-state index contributed by atoms with van der Waals surface area (Å²) in [5, 5.41) is 0. The molecule has 0 saturated heterocycles. The molecule has 0 fully saturated rings.